The number of nitrogen functional groups attached to an aromatic ring is 1. The third-order valence-corrected chi connectivity index (χ3v) is 2.52. The average molecular weight is 199 g/mol. The first-order chi connectivity index (χ1) is 5.79. The van der Waals surface area contributed by atoms with Crippen molar-refractivity contribution in [3.63, 3.8) is 0 Å². The number of nitrogens with two attached hydrogens (primary N) is 1. The molecule has 2 heterocycles. The van der Waals surface area contributed by atoms with Gasteiger partial charge in [-0.15, -0.1) is 10.2 Å². The molecule has 0 spiro atoms. The monoisotopic (exact) mass is 199 g/mol. The zero-order chi connectivity index (χ0) is 8.55. The number of rotatable bonds is 1. The summed E-state index contributed by atoms with van der Waals surface area (Å²) in [4.78, 5) is 8.86. The molecule has 0 bridgehead atoms. The first-order valence-corrected chi connectivity index (χ1v) is 5.14. The second-order valence-electron chi connectivity index (χ2n) is 1.98. The van der Waals surface area contributed by atoms with Gasteiger partial charge in [-0.1, -0.05) is 23.1 Å². The molecule has 0 amide bonds. The standard InChI is InChI=1S/C5H5N5S2/c1-11-5-8-3-2(9-10-5)7-4(6)12-3/h1H3,(H2,6,7,9). The van der Waals surface area contributed by atoms with E-state index in [9.17, 15) is 0 Å². The summed E-state index contributed by atoms with van der Waals surface area (Å²) in [5, 5.41) is 8.81. The lowest BCUT2D eigenvalue weighted by molar-refractivity contribution is 0.879. The summed E-state index contributed by atoms with van der Waals surface area (Å²) >= 11 is 2.77. The molecule has 62 valence electrons. The van der Waals surface area contributed by atoms with Gasteiger partial charge in [0.2, 0.25) is 10.8 Å². The van der Waals surface area contributed by atoms with E-state index in [0.717, 1.165) is 4.83 Å². The van der Waals surface area contributed by atoms with Gasteiger partial charge < -0.3 is 5.73 Å². The zero-order valence-electron chi connectivity index (χ0n) is 6.18. The topological polar surface area (TPSA) is 77.6 Å². The van der Waals surface area contributed by atoms with Crippen LogP contribution in [0.1, 0.15) is 0 Å². The van der Waals surface area contributed by atoms with E-state index in [1.54, 1.807) is 0 Å². The van der Waals surface area contributed by atoms with Crippen molar-refractivity contribution >= 4 is 38.7 Å². The Kier molecular flexibility index (Phi) is 1.81. The van der Waals surface area contributed by atoms with E-state index < -0.39 is 0 Å². The van der Waals surface area contributed by atoms with Gasteiger partial charge in [-0.3, -0.25) is 0 Å². The Labute approximate surface area is 76.4 Å². The molecule has 2 aromatic heterocycles. The number of hydrogen-bond donors (Lipinski definition) is 1. The smallest absolute Gasteiger partial charge is 0.213 e. The lowest BCUT2D eigenvalue weighted by atomic mass is 10.8. The summed E-state index contributed by atoms with van der Waals surface area (Å²) < 4.78 is 0. The van der Waals surface area contributed by atoms with Gasteiger partial charge in [0.1, 0.15) is 0 Å². The zero-order valence-corrected chi connectivity index (χ0v) is 7.82. The summed E-state index contributed by atoms with van der Waals surface area (Å²) in [7, 11) is 0. The van der Waals surface area contributed by atoms with Crippen LogP contribution in [0.4, 0.5) is 5.13 Å². The largest absolute Gasteiger partial charge is 0.375 e. The number of fused-ring (bicyclic) bond motifs is 1. The number of thiazole rings is 1. The van der Waals surface area contributed by atoms with Gasteiger partial charge in [-0.25, -0.2) is 4.98 Å². The van der Waals surface area contributed by atoms with Crippen LogP contribution in [0.3, 0.4) is 0 Å². The van der Waals surface area contributed by atoms with Crippen molar-refractivity contribution in [2.24, 2.45) is 0 Å². The first kappa shape index (κ1) is 7.69. The highest BCUT2D eigenvalue weighted by Crippen LogP contribution is 2.20. The number of nitrogens with zero attached hydrogens (tertiary/aromatic N) is 4. The fourth-order valence-electron chi connectivity index (χ4n) is 0.743. The summed E-state index contributed by atoms with van der Waals surface area (Å²) in [6.07, 6.45) is 1.90. The highest BCUT2D eigenvalue weighted by molar-refractivity contribution is 7.98. The van der Waals surface area contributed by atoms with Crippen LogP contribution in [0.2, 0.25) is 0 Å². The number of thioether (sulfide) groups is 1. The second kappa shape index (κ2) is 2.83. The molecule has 0 saturated heterocycles. The molecule has 2 rings (SSSR count). The third-order valence-electron chi connectivity index (χ3n) is 1.22. The van der Waals surface area contributed by atoms with Crippen LogP contribution < -0.4 is 5.73 Å². The number of hydrogen-bond acceptors (Lipinski definition) is 7. The van der Waals surface area contributed by atoms with E-state index in [0.29, 0.717) is 15.9 Å². The van der Waals surface area contributed by atoms with E-state index in [2.05, 4.69) is 20.2 Å². The second-order valence-corrected chi connectivity index (χ2v) is 3.76. The highest BCUT2D eigenvalue weighted by Gasteiger charge is 2.05. The van der Waals surface area contributed by atoms with Crippen molar-refractivity contribution in [1.29, 1.82) is 0 Å². The quantitative estimate of drug-likeness (QED) is 0.684. The van der Waals surface area contributed by atoms with Crippen LogP contribution in [0.15, 0.2) is 5.16 Å². The van der Waals surface area contributed by atoms with Crippen LogP contribution >= 0.6 is 23.1 Å². The highest BCUT2D eigenvalue weighted by atomic mass is 32.2. The van der Waals surface area contributed by atoms with Crippen molar-refractivity contribution in [3.05, 3.63) is 0 Å². The average Bonchev–Trinajstić information content (AvgIpc) is 2.43. The van der Waals surface area contributed by atoms with E-state index in [1.807, 2.05) is 6.26 Å². The van der Waals surface area contributed by atoms with Crippen LogP contribution in [0.5, 0.6) is 0 Å². The van der Waals surface area contributed by atoms with Crippen molar-refractivity contribution in [3.8, 4) is 0 Å². The summed E-state index contributed by atoms with van der Waals surface area (Å²) in [5.74, 6) is 0. The molecule has 0 aliphatic carbocycles. The molecule has 0 atom stereocenters. The summed E-state index contributed by atoms with van der Waals surface area (Å²) in [5.41, 5.74) is 6.00. The van der Waals surface area contributed by atoms with Gasteiger partial charge in [-0.2, -0.15) is 4.98 Å². The fourth-order valence-corrected chi connectivity index (χ4v) is 1.75. The van der Waals surface area contributed by atoms with Gasteiger partial charge in [0.25, 0.3) is 0 Å². The Hall–Kier alpha value is -0.950. The molecule has 5 nitrogen and oxygen atoms in total. The van der Waals surface area contributed by atoms with Gasteiger partial charge >= 0.3 is 0 Å². The van der Waals surface area contributed by atoms with Crippen molar-refractivity contribution in [2.75, 3.05) is 12.0 Å². The Morgan fingerprint density at radius 3 is 2.92 bits per heavy atom. The Bertz CT molecular complexity index is 411. The molecular formula is C5H5N5S2. The minimum absolute atomic E-state index is 0.477. The maximum Gasteiger partial charge on any atom is 0.213 e. The first-order valence-electron chi connectivity index (χ1n) is 3.10. The number of anilines is 1. The summed E-state index contributed by atoms with van der Waals surface area (Å²) in [6, 6.07) is 0. The Morgan fingerprint density at radius 2 is 2.17 bits per heavy atom. The Balaban J connectivity index is 2.66. The normalized spacial score (nSPS) is 10.8. The molecule has 0 aromatic carbocycles. The summed E-state index contributed by atoms with van der Waals surface area (Å²) in [6.45, 7) is 0. The van der Waals surface area contributed by atoms with Crippen molar-refractivity contribution < 1.29 is 0 Å². The molecule has 0 aliphatic rings. The van der Waals surface area contributed by atoms with E-state index in [4.69, 9.17) is 5.73 Å². The molecule has 2 N–H and O–H groups in total. The molecule has 0 unspecified atom stereocenters. The van der Waals surface area contributed by atoms with Crippen LogP contribution in [0.25, 0.3) is 10.5 Å². The number of aromatic nitrogens is 4. The SMILES string of the molecule is CSc1nnc2nc(N)sc2n1. The molecule has 0 aliphatic heterocycles. The van der Waals surface area contributed by atoms with Crippen LogP contribution in [0, 0.1) is 0 Å². The minimum Gasteiger partial charge on any atom is -0.375 e. The molecular weight excluding hydrogens is 194 g/mol. The maximum atomic E-state index is 5.47. The van der Waals surface area contributed by atoms with Crippen molar-refractivity contribution in [2.45, 2.75) is 5.16 Å². The molecule has 2 aromatic rings. The van der Waals surface area contributed by atoms with E-state index >= 15 is 0 Å². The lowest BCUT2D eigenvalue weighted by Crippen LogP contribution is -1.89. The predicted octanol–water partition coefficient (Wildman–Crippen LogP) is 0.785. The van der Waals surface area contributed by atoms with E-state index in [1.165, 1.54) is 23.1 Å². The lowest BCUT2D eigenvalue weighted by Gasteiger charge is -1.89. The third kappa shape index (κ3) is 1.21. The van der Waals surface area contributed by atoms with Gasteiger partial charge in [0, 0.05) is 0 Å². The molecule has 0 radical (unpaired) electrons. The molecule has 0 fully saturated rings. The minimum atomic E-state index is 0.477. The maximum absolute atomic E-state index is 5.47. The van der Waals surface area contributed by atoms with Crippen molar-refractivity contribution in [1.82, 2.24) is 20.2 Å². The molecule has 7 heteroatoms. The molecule has 0 saturated carbocycles. The predicted molar refractivity (Wildman–Crippen MR) is 49.2 cm³/mol. The Morgan fingerprint density at radius 1 is 1.33 bits per heavy atom. The van der Waals surface area contributed by atoms with Crippen LogP contribution in [-0.4, -0.2) is 26.4 Å². The van der Waals surface area contributed by atoms with Gasteiger partial charge in [-0.05, 0) is 6.26 Å². The van der Waals surface area contributed by atoms with E-state index in [-0.39, 0.29) is 0 Å². The molecule has 12 heavy (non-hydrogen) atoms. The van der Waals surface area contributed by atoms with Gasteiger partial charge in [0.15, 0.2) is 9.96 Å². The fraction of sp³-hybridized carbons (Fsp3) is 0.200. The van der Waals surface area contributed by atoms with Gasteiger partial charge in [0.05, 0.1) is 0 Å². The van der Waals surface area contributed by atoms with Crippen LogP contribution in [-0.2, 0) is 0 Å².